The third kappa shape index (κ3) is 2.95. The van der Waals surface area contributed by atoms with Crippen LogP contribution in [0.1, 0.15) is 23.5 Å². The Kier molecular flexibility index (Phi) is 3.97. The van der Waals surface area contributed by atoms with Gasteiger partial charge in [0.2, 0.25) is 0 Å². The number of fused-ring (bicyclic) bond motifs is 1. The van der Waals surface area contributed by atoms with Gasteiger partial charge in [-0.05, 0) is 13.8 Å². The lowest BCUT2D eigenvalue weighted by atomic mass is 9.93. The van der Waals surface area contributed by atoms with Gasteiger partial charge in [-0.15, -0.1) is 5.73 Å². The molecule has 5 nitrogen and oxygen atoms in total. The van der Waals surface area contributed by atoms with Crippen molar-refractivity contribution in [3.8, 4) is 0 Å². The molecule has 2 aliphatic rings. The van der Waals surface area contributed by atoms with Crippen molar-refractivity contribution in [2.75, 3.05) is 31.2 Å². The van der Waals surface area contributed by atoms with E-state index < -0.39 is 11.7 Å². The first-order chi connectivity index (χ1) is 12.3. The number of rotatable bonds is 2. The standard InChI is InChI=1S/C18H17F3N4O/c1-10-11(2)23-17-14(22-10)9-15(25-3-5-26-6-4-25)24-16(17)12-7-13(8-12)18(19,20)21/h9H,3-7H2,1-2H3. The van der Waals surface area contributed by atoms with Crippen molar-refractivity contribution in [1.82, 2.24) is 15.0 Å². The van der Waals surface area contributed by atoms with E-state index in [0.717, 1.165) is 11.4 Å². The first-order valence-corrected chi connectivity index (χ1v) is 8.38. The van der Waals surface area contributed by atoms with E-state index in [9.17, 15) is 13.2 Å². The Bertz CT molecular complexity index is 955. The minimum Gasteiger partial charge on any atom is -0.378 e. The number of hydrogen-bond donors (Lipinski definition) is 0. The molecule has 1 fully saturated rings. The summed E-state index contributed by atoms with van der Waals surface area (Å²) in [4.78, 5) is 15.8. The van der Waals surface area contributed by atoms with Gasteiger partial charge in [-0.2, -0.15) is 13.2 Å². The van der Waals surface area contributed by atoms with Gasteiger partial charge < -0.3 is 9.64 Å². The molecule has 0 N–H and O–H groups in total. The summed E-state index contributed by atoms with van der Waals surface area (Å²) in [5.41, 5.74) is 5.31. The third-order valence-electron chi connectivity index (χ3n) is 4.67. The SMILES string of the molecule is Cc1nc2cc(N3CCOCC3)nc(C3=C=C(C(F)(F)F)C3)c2nc1C. The van der Waals surface area contributed by atoms with Crippen LogP contribution in [0.25, 0.3) is 16.6 Å². The first kappa shape index (κ1) is 17.0. The molecule has 26 heavy (non-hydrogen) atoms. The third-order valence-corrected chi connectivity index (χ3v) is 4.67. The Morgan fingerprint density at radius 2 is 1.73 bits per heavy atom. The van der Waals surface area contributed by atoms with Gasteiger partial charge in [-0.1, -0.05) is 0 Å². The zero-order valence-corrected chi connectivity index (χ0v) is 14.4. The van der Waals surface area contributed by atoms with Crippen molar-refractivity contribution < 1.29 is 17.9 Å². The van der Waals surface area contributed by atoms with Gasteiger partial charge in [0.1, 0.15) is 17.0 Å². The number of morpholine rings is 1. The summed E-state index contributed by atoms with van der Waals surface area (Å²) in [5, 5.41) is 0. The van der Waals surface area contributed by atoms with Crippen LogP contribution >= 0.6 is 0 Å². The Hall–Kier alpha value is -2.44. The molecule has 4 rings (SSSR count). The highest BCUT2D eigenvalue weighted by Gasteiger charge is 2.38. The van der Waals surface area contributed by atoms with Gasteiger partial charge in [0, 0.05) is 31.1 Å². The number of aryl methyl sites for hydroxylation is 2. The molecule has 0 radical (unpaired) electrons. The van der Waals surface area contributed by atoms with E-state index in [0.29, 0.717) is 54.4 Å². The minimum absolute atomic E-state index is 0.202. The monoisotopic (exact) mass is 362 g/mol. The highest BCUT2D eigenvalue weighted by Crippen LogP contribution is 2.40. The number of allylic oxidation sites excluding steroid dienone is 1. The van der Waals surface area contributed by atoms with Gasteiger partial charge >= 0.3 is 6.18 Å². The number of anilines is 1. The van der Waals surface area contributed by atoms with Crippen molar-refractivity contribution in [3.05, 3.63) is 34.5 Å². The molecule has 136 valence electrons. The predicted molar refractivity (Wildman–Crippen MR) is 90.9 cm³/mol. The van der Waals surface area contributed by atoms with E-state index >= 15 is 0 Å². The van der Waals surface area contributed by atoms with Crippen molar-refractivity contribution in [3.63, 3.8) is 0 Å². The van der Waals surface area contributed by atoms with Crippen molar-refractivity contribution in [2.24, 2.45) is 0 Å². The Morgan fingerprint density at radius 3 is 2.38 bits per heavy atom. The zero-order valence-electron chi connectivity index (χ0n) is 14.4. The smallest absolute Gasteiger partial charge is 0.378 e. The van der Waals surface area contributed by atoms with Crippen LogP contribution in [-0.2, 0) is 4.74 Å². The zero-order chi connectivity index (χ0) is 18.5. The molecule has 0 saturated carbocycles. The average Bonchev–Trinajstić information content (AvgIpc) is 2.54. The molecule has 3 heterocycles. The summed E-state index contributed by atoms with van der Waals surface area (Å²) in [7, 11) is 0. The second kappa shape index (κ2) is 6.07. The highest BCUT2D eigenvalue weighted by atomic mass is 19.4. The van der Waals surface area contributed by atoms with Gasteiger partial charge in [0.25, 0.3) is 0 Å². The van der Waals surface area contributed by atoms with Gasteiger partial charge in [-0.3, -0.25) is 0 Å². The molecular formula is C18H17F3N4O. The molecular weight excluding hydrogens is 345 g/mol. The average molecular weight is 362 g/mol. The normalized spacial score (nSPS) is 17.8. The van der Waals surface area contributed by atoms with Crippen molar-refractivity contribution >= 4 is 22.4 Å². The summed E-state index contributed by atoms with van der Waals surface area (Å²) in [6.45, 7) is 6.23. The van der Waals surface area contributed by atoms with Crippen LogP contribution in [0.2, 0.25) is 0 Å². The molecule has 1 aliphatic carbocycles. The lowest BCUT2D eigenvalue weighted by molar-refractivity contribution is -0.0934. The van der Waals surface area contributed by atoms with Gasteiger partial charge in [0.15, 0.2) is 0 Å². The molecule has 1 aliphatic heterocycles. The molecule has 2 aromatic rings. The number of ether oxygens (including phenoxy) is 1. The van der Waals surface area contributed by atoms with Crippen LogP contribution < -0.4 is 4.90 Å². The Labute approximate surface area is 148 Å². The fourth-order valence-corrected chi connectivity index (χ4v) is 3.04. The summed E-state index contributed by atoms with van der Waals surface area (Å²) in [6, 6.07) is 1.84. The number of alkyl halides is 3. The van der Waals surface area contributed by atoms with E-state index in [2.05, 4.69) is 25.6 Å². The fourth-order valence-electron chi connectivity index (χ4n) is 3.04. The second-order valence-corrected chi connectivity index (χ2v) is 6.45. The van der Waals surface area contributed by atoms with Crippen molar-refractivity contribution in [1.29, 1.82) is 0 Å². The number of aromatic nitrogens is 3. The fraction of sp³-hybridized carbons (Fsp3) is 0.444. The Morgan fingerprint density at radius 1 is 1.08 bits per heavy atom. The maximum Gasteiger partial charge on any atom is 0.420 e. The van der Waals surface area contributed by atoms with Crippen LogP contribution in [0.15, 0.2) is 17.4 Å². The first-order valence-electron chi connectivity index (χ1n) is 8.38. The molecule has 0 aromatic carbocycles. The largest absolute Gasteiger partial charge is 0.420 e. The lowest BCUT2D eigenvalue weighted by Gasteiger charge is -2.29. The number of hydrogen-bond acceptors (Lipinski definition) is 5. The number of nitrogens with zero attached hydrogens (tertiary/aromatic N) is 4. The van der Waals surface area contributed by atoms with Crippen molar-refractivity contribution in [2.45, 2.75) is 26.4 Å². The summed E-state index contributed by atoms with van der Waals surface area (Å²) in [6.07, 6.45) is -4.55. The topological polar surface area (TPSA) is 51.1 Å². The molecule has 2 aromatic heterocycles. The molecule has 0 amide bonds. The van der Waals surface area contributed by atoms with Gasteiger partial charge in [0.05, 0.1) is 35.7 Å². The maximum absolute atomic E-state index is 12.8. The van der Waals surface area contributed by atoms with E-state index in [-0.39, 0.29) is 6.42 Å². The molecule has 0 bridgehead atoms. The highest BCUT2D eigenvalue weighted by molar-refractivity contribution is 5.91. The number of halogens is 3. The molecule has 0 spiro atoms. The Balaban J connectivity index is 1.89. The molecule has 0 unspecified atom stereocenters. The van der Waals surface area contributed by atoms with Crippen LogP contribution in [0.4, 0.5) is 19.0 Å². The predicted octanol–water partition coefficient (Wildman–Crippen LogP) is 3.35. The van der Waals surface area contributed by atoms with E-state index in [4.69, 9.17) is 4.74 Å². The van der Waals surface area contributed by atoms with E-state index in [1.54, 1.807) is 0 Å². The van der Waals surface area contributed by atoms with E-state index in [1.807, 2.05) is 19.9 Å². The van der Waals surface area contributed by atoms with E-state index in [1.165, 1.54) is 0 Å². The minimum atomic E-state index is -4.35. The maximum atomic E-state index is 12.8. The van der Waals surface area contributed by atoms with Crippen LogP contribution in [0.3, 0.4) is 0 Å². The molecule has 8 heteroatoms. The second-order valence-electron chi connectivity index (χ2n) is 6.45. The van der Waals surface area contributed by atoms with Gasteiger partial charge in [-0.25, -0.2) is 15.0 Å². The van der Waals surface area contributed by atoms with Crippen LogP contribution in [0.5, 0.6) is 0 Å². The summed E-state index contributed by atoms with van der Waals surface area (Å²) in [5.74, 6) is 0.683. The quantitative estimate of drug-likeness (QED) is 0.767. The van der Waals surface area contributed by atoms with Crippen LogP contribution in [0, 0.1) is 13.8 Å². The summed E-state index contributed by atoms with van der Waals surface area (Å²) < 4.78 is 43.8. The number of pyridine rings is 1. The van der Waals surface area contributed by atoms with Crippen LogP contribution in [-0.4, -0.2) is 47.4 Å². The summed E-state index contributed by atoms with van der Waals surface area (Å²) >= 11 is 0. The molecule has 1 saturated heterocycles. The lowest BCUT2D eigenvalue weighted by Crippen LogP contribution is -2.37. The molecule has 0 atom stereocenters.